The Hall–Kier alpha value is -1.94. The highest BCUT2D eigenvalue weighted by Gasteiger charge is 2.30. The second kappa shape index (κ2) is 6.67. The van der Waals surface area contributed by atoms with Crippen LogP contribution in [0.15, 0.2) is 30.3 Å². The van der Waals surface area contributed by atoms with Gasteiger partial charge in [0.15, 0.2) is 0 Å². The Kier molecular flexibility index (Phi) is 5.05. The zero-order valence-electron chi connectivity index (χ0n) is 13.9. The van der Waals surface area contributed by atoms with Gasteiger partial charge in [-0.2, -0.15) is 0 Å². The van der Waals surface area contributed by atoms with Crippen molar-refractivity contribution in [2.75, 3.05) is 17.8 Å². The van der Waals surface area contributed by atoms with E-state index >= 15 is 0 Å². The molecule has 0 aliphatic carbocycles. The summed E-state index contributed by atoms with van der Waals surface area (Å²) in [5.74, 6) is 0.194. The Labute approximate surface area is 141 Å². The van der Waals surface area contributed by atoms with E-state index in [4.69, 9.17) is 4.74 Å². The first-order valence-electron chi connectivity index (χ1n) is 7.49. The molecule has 2 aromatic carbocycles. The molecular formula is C18H22ClNO3. The van der Waals surface area contributed by atoms with Gasteiger partial charge < -0.3 is 9.84 Å². The number of rotatable bonds is 0. The van der Waals surface area contributed by atoms with E-state index in [0.717, 1.165) is 28.4 Å². The van der Waals surface area contributed by atoms with Crippen LogP contribution in [0.5, 0.6) is 5.75 Å². The summed E-state index contributed by atoms with van der Waals surface area (Å²) in [6, 6.07) is 9.37. The van der Waals surface area contributed by atoms with Crippen molar-refractivity contribution in [3.63, 3.8) is 0 Å². The molecule has 2 aromatic rings. The van der Waals surface area contributed by atoms with Crippen LogP contribution in [0.2, 0.25) is 0 Å². The first kappa shape index (κ1) is 17.4. The number of nitrogens with zero attached hydrogens (tertiary/aromatic N) is 1. The second-order valence-electron chi connectivity index (χ2n) is 6.32. The van der Waals surface area contributed by atoms with Gasteiger partial charge in [-0.05, 0) is 38.1 Å². The minimum Gasteiger partial charge on any atom is -0.507 e. The number of carbonyl (C=O) groups is 1. The monoisotopic (exact) mass is 335 g/mol. The van der Waals surface area contributed by atoms with Crippen molar-refractivity contribution in [3.05, 3.63) is 35.9 Å². The van der Waals surface area contributed by atoms with E-state index in [2.05, 4.69) is 11.6 Å². The molecule has 5 heteroatoms. The first-order chi connectivity index (χ1) is 10.9. The molecular weight excluding hydrogens is 314 g/mol. The van der Waals surface area contributed by atoms with Gasteiger partial charge in [0.2, 0.25) is 0 Å². The molecule has 124 valence electrons. The number of amides is 1. The molecule has 0 spiro atoms. The fourth-order valence-electron chi connectivity index (χ4n) is 2.76. The lowest BCUT2D eigenvalue weighted by molar-refractivity contribution is 0.0584. The quantitative estimate of drug-likeness (QED) is 0.710. The average molecular weight is 336 g/mol. The molecule has 0 fully saturated rings. The summed E-state index contributed by atoms with van der Waals surface area (Å²) in [5.41, 5.74) is 1.31. The number of aromatic hydroxyl groups is 1. The van der Waals surface area contributed by atoms with E-state index in [1.165, 1.54) is 6.38 Å². The molecule has 0 saturated carbocycles. The Morgan fingerprint density at radius 3 is 2.43 bits per heavy atom. The molecule has 0 atom stereocenters. The van der Waals surface area contributed by atoms with E-state index in [0.29, 0.717) is 6.54 Å². The molecule has 0 aromatic heterocycles. The van der Waals surface area contributed by atoms with Crippen molar-refractivity contribution in [3.8, 4) is 5.75 Å². The van der Waals surface area contributed by atoms with Crippen molar-refractivity contribution in [2.45, 2.75) is 32.8 Å². The van der Waals surface area contributed by atoms with Crippen LogP contribution in [-0.4, -0.2) is 29.7 Å². The third-order valence-corrected chi connectivity index (χ3v) is 3.60. The third-order valence-electron chi connectivity index (χ3n) is 3.60. The van der Waals surface area contributed by atoms with E-state index in [1.807, 2.05) is 45.0 Å². The van der Waals surface area contributed by atoms with Crippen molar-refractivity contribution in [2.24, 2.45) is 0 Å². The number of anilines is 1. The molecule has 1 aliphatic rings. The second-order valence-corrected chi connectivity index (χ2v) is 6.32. The van der Waals surface area contributed by atoms with Crippen LogP contribution in [0, 0.1) is 0 Å². The van der Waals surface area contributed by atoms with Gasteiger partial charge in [0.1, 0.15) is 11.4 Å². The first-order valence-corrected chi connectivity index (χ1v) is 8.24. The number of phenolic OH excluding ortho intramolecular Hbond substituents is 1. The summed E-state index contributed by atoms with van der Waals surface area (Å²) in [6.07, 6.45) is 1.88. The summed E-state index contributed by atoms with van der Waals surface area (Å²) in [5, 5.41) is 12.0. The standard InChI is InChI=1S/C17H19NO3.CH3Cl/c1-17(2,3)21-16(20)18-9-8-12-11-6-4-5-7-13(11)15(19)10-14(12)18;1-2/h4-7,10,19H,8-9H2,1-3H3;1H3. The number of benzene rings is 2. The smallest absolute Gasteiger partial charge is 0.414 e. The zero-order valence-corrected chi connectivity index (χ0v) is 14.6. The Morgan fingerprint density at radius 1 is 1.22 bits per heavy atom. The van der Waals surface area contributed by atoms with Gasteiger partial charge in [-0.1, -0.05) is 24.3 Å². The predicted molar refractivity (Wildman–Crippen MR) is 94.7 cm³/mol. The van der Waals surface area contributed by atoms with Crippen LogP contribution < -0.4 is 4.90 Å². The predicted octanol–water partition coefficient (Wildman–Crippen LogP) is 4.70. The molecule has 4 nitrogen and oxygen atoms in total. The van der Waals surface area contributed by atoms with Crippen LogP contribution in [0.1, 0.15) is 26.3 Å². The van der Waals surface area contributed by atoms with Crippen LogP contribution in [0.4, 0.5) is 10.5 Å². The highest BCUT2D eigenvalue weighted by molar-refractivity contribution is 6.15. The van der Waals surface area contributed by atoms with Crippen molar-refractivity contribution in [1.29, 1.82) is 0 Å². The molecule has 1 amide bonds. The normalized spacial score (nSPS) is 13.3. The van der Waals surface area contributed by atoms with Gasteiger partial charge in [0.05, 0.1) is 5.69 Å². The lowest BCUT2D eigenvalue weighted by Crippen LogP contribution is -2.35. The SMILES string of the molecule is CC(C)(C)OC(=O)N1CCc2c1cc(O)c1ccccc21.CCl. The van der Waals surface area contributed by atoms with Gasteiger partial charge in [-0.3, -0.25) is 4.90 Å². The van der Waals surface area contributed by atoms with Crippen LogP contribution in [0.25, 0.3) is 10.8 Å². The molecule has 0 unspecified atom stereocenters. The minimum absolute atomic E-state index is 0.194. The molecule has 3 rings (SSSR count). The topological polar surface area (TPSA) is 49.8 Å². The molecule has 1 aliphatic heterocycles. The number of fused-ring (bicyclic) bond motifs is 3. The molecule has 0 saturated heterocycles. The fraction of sp³-hybridized carbons (Fsp3) is 0.389. The summed E-state index contributed by atoms with van der Waals surface area (Å²) < 4.78 is 5.44. The zero-order chi connectivity index (χ0) is 17.2. The number of halogens is 1. The maximum absolute atomic E-state index is 12.3. The van der Waals surface area contributed by atoms with E-state index in [1.54, 1.807) is 11.0 Å². The van der Waals surface area contributed by atoms with Gasteiger partial charge in [0, 0.05) is 24.4 Å². The molecule has 23 heavy (non-hydrogen) atoms. The van der Waals surface area contributed by atoms with Crippen molar-refractivity contribution in [1.82, 2.24) is 0 Å². The largest absolute Gasteiger partial charge is 0.507 e. The Balaban J connectivity index is 0.000000924. The molecule has 0 bridgehead atoms. The number of carbonyl (C=O) groups excluding carboxylic acids is 1. The van der Waals surface area contributed by atoms with Crippen LogP contribution in [0.3, 0.4) is 0 Å². The summed E-state index contributed by atoms with van der Waals surface area (Å²) in [6.45, 7) is 6.12. The number of hydrogen-bond donors (Lipinski definition) is 1. The molecule has 1 N–H and O–H groups in total. The van der Waals surface area contributed by atoms with Crippen molar-refractivity contribution >= 4 is 34.2 Å². The van der Waals surface area contributed by atoms with E-state index in [9.17, 15) is 9.90 Å². The number of phenols is 1. The lowest BCUT2D eigenvalue weighted by atomic mass is 10.0. The summed E-state index contributed by atoms with van der Waals surface area (Å²) >= 11 is 4.64. The maximum atomic E-state index is 12.3. The number of ether oxygens (including phenoxy) is 1. The van der Waals surface area contributed by atoms with Crippen LogP contribution in [-0.2, 0) is 11.2 Å². The van der Waals surface area contributed by atoms with Crippen molar-refractivity contribution < 1.29 is 14.6 Å². The van der Waals surface area contributed by atoms with Gasteiger partial charge in [-0.25, -0.2) is 4.79 Å². The highest BCUT2D eigenvalue weighted by Crippen LogP contribution is 2.39. The third kappa shape index (κ3) is 3.53. The van der Waals surface area contributed by atoms with E-state index < -0.39 is 5.60 Å². The molecule has 1 heterocycles. The summed E-state index contributed by atoms with van der Waals surface area (Å²) in [4.78, 5) is 13.9. The minimum atomic E-state index is -0.529. The average Bonchev–Trinajstić information content (AvgIpc) is 2.92. The number of hydrogen-bond acceptors (Lipinski definition) is 3. The Morgan fingerprint density at radius 2 is 1.83 bits per heavy atom. The fourth-order valence-corrected chi connectivity index (χ4v) is 2.76. The van der Waals surface area contributed by atoms with Crippen LogP contribution >= 0.6 is 11.6 Å². The van der Waals surface area contributed by atoms with E-state index in [-0.39, 0.29) is 11.8 Å². The highest BCUT2D eigenvalue weighted by atomic mass is 35.5. The number of alkyl halides is 1. The molecule has 0 radical (unpaired) electrons. The maximum Gasteiger partial charge on any atom is 0.414 e. The van der Waals surface area contributed by atoms with Gasteiger partial charge in [-0.15, -0.1) is 11.6 Å². The van der Waals surface area contributed by atoms with Gasteiger partial charge >= 0.3 is 6.09 Å². The lowest BCUT2D eigenvalue weighted by Gasteiger charge is -2.25. The van der Waals surface area contributed by atoms with Gasteiger partial charge in [0.25, 0.3) is 0 Å². The Bertz CT molecular complexity index is 722. The summed E-state index contributed by atoms with van der Waals surface area (Å²) in [7, 11) is 0.